The molecule has 2 aromatic heterocycles. The molecule has 0 saturated heterocycles. The third kappa shape index (κ3) is 3.00. The number of nitrogens with zero attached hydrogens (tertiary/aromatic N) is 2. The second kappa shape index (κ2) is 6.94. The van der Waals surface area contributed by atoms with Gasteiger partial charge >= 0.3 is 0 Å². The van der Waals surface area contributed by atoms with Gasteiger partial charge in [-0.3, -0.25) is 19.7 Å². The van der Waals surface area contributed by atoms with Crippen molar-refractivity contribution in [2.24, 2.45) is 0 Å². The van der Waals surface area contributed by atoms with Gasteiger partial charge in [0.1, 0.15) is 11.3 Å². The molecule has 0 fully saturated rings. The van der Waals surface area contributed by atoms with Crippen LogP contribution in [0.1, 0.15) is 39.0 Å². The zero-order valence-electron chi connectivity index (χ0n) is 16.4. The van der Waals surface area contributed by atoms with Crippen LogP contribution in [-0.4, -0.2) is 15.7 Å². The predicted molar refractivity (Wildman–Crippen MR) is 111 cm³/mol. The van der Waals surface area contributed by atoms with E-state index < -0.39 is 16.9 Å². The topological polar surface area (TPSA) is 107 Å². The number of hydrogen-bond acceptors (Lipinski definition) is 6. The van der Waals surface area contributed by atoms with Gasteiger partial charge in [-0.2, -0.15) is 0 Å². The van der Waals surface area contributed by atoms with Crippen LogP contribution < -0.4 is 5.43 Å². The summed E-state index contributed by atoms with van der Waals surface area (Å²) in [4.78, 5) is 38.8. The molecule has 8 nitrogen and oxygen atoms in total. The standard InChI is InChI=1S/C23H16N2O6/c1-13-4-9-18-17(11-13)21(26)19-20(14-5-7-15(8-6-14)25(28)29)24(23(27)22(19)31-18)12-16-3-2-10-30-16/h2-11,20H,12H2,1H3. The number of benzene rings is 2. The molecule has 0 N–H and O–H groups in total. The number of non-ortho nitro benzene ring substituents is 1. The summed E-state index contributed by atoms with van der Waals surface area (Å²) in [6.45, 7) is 1.99. The summed E-state index contributed by atoms with van der Waals surface area (Å²) in [5.74, 6) is 0.0894. The highest BCUT2D eigenvalue weighted by molar-refractivity contribution is 5.99. The monoisotopic (exact) mass is 416 g/mol. The summed E-state index contributed by atoms with van der Waals surface area (Å²) in [5.41, 5.74) is 1.66. The first-order valence-electron chi connectivity index (χ1n) is 9.59. The maximum atomic E-state index is 13.5. The van der Waals surface area contributed by atoms with Gasteiger partial charge in [0, 0.05) is 12.1 Å². The number of hydrogen-bond donors (Lipinski definition) is 0. The second-order valence-electron chi connectivity index (χ2n) is 7.44. The van der Waals surface area contributed by atoms with E-state index in [0.29, 0.717) is 22.3 Å². The SMILES string of the molecule is Cc1ccc2oc3c(c(=O)c2c1)C(c1ccc([N+](=O)[O-])cc1)N(Cc1ccco1)C3=O. The van der Waals surface area contributed by atoms with E-state index in [1.807, 2.05) is 13.0 Å². The van der Waals surface area contributed by atoms with Crippen molar-refractivity contribution in [3.05, 3.63) is 109 Å². The Morgan fingerprint density at radius 3 is 2.55 bits per heavy atom. The highest BCUT2D eigenvalue weighted by Gasteiger charge is 2.43. The number of carbonyl (C=O) groups is 1. The largest absolute Gasteiger partial charge is 0.467 e. The lowest BCUT2D eigenvalue weighted by molar-refractivity contribution is -0.384. The van der Waals surface area contributed by atoms with E-state index in [2.05, 4.69) is 0 Å². The lowest BCUT2D eigenvalue weighted by Crippen LogP contribution is -2.29. The van der Waals surface area contributed by atoms with E-state index in [9.17, 15) is 19.7 Å². The molecular formula is C23H16N2O6. The summed E-state index contributed by atoms with van der Waals surface area (Å²) >= 11 is 0. The summed E-state index contributed by atoms with van der Waals surface area (Å²) in [6, 6.07) is 13.7. The maximum absolute atomic E-state index is 13.5. The molecule has 0 aliphatic carbocycles. The van der Waals surface area contributed by atoms with Crippen molar-refractivity contribution >= 4 is 22.6 Å². The van der Waals surface area contributed by atoms with E-state index >= 15 is 0 Å². The van der Waals surface area contributed by atoms with Gasteiger partial charge in [0.25, 0.3) is 11.6 Å². The first-order valence-corrected chi connectivity index (χ1v) is 9.59. The molecule has 1 atom stereocenters. The van der Waals surface area contributed by atoms with Crippen LogP contribution in [-0.2, 0) is 6.54 Å². The van der Waals surface area contributed by atoms with Crippen molar-refractivity contribution in [3.63, 3.8) is 0 Å². The number of aryl methyl sites for hydroxylation is 1. The van der Waals surface area contributed by atoms with Crippen LogP contribution in [0.4, 0.5) is 5.69 Å². The van der Waals surface area contributed by atoms with E-state index in [4.69, 9.17) is 8.83 Å². The van der Waals surface area contributed by atoms with Gasteiger partial charge in [-0.25, -0.2) is 0 Å². The van der Waals surface area contributed by atoms with Crippen molar-refractivity contribution < 1.29 is 18.6 Å². The van der Waals surface area contributed by atoms with Gasteiger partial charge < -0.3 is 13.7 Å². The smallest absolute Gasteiger partial charge is 0.291 e. The minimum Gasteiger partial charge on any atom is -0.467 e. The summed E-state index contributed by atoms with van der Waals surface area (Å²) in [6.07, 6.45) is 1.50. The molecule has 154 valence electrons. The molecule has 5 rings (SSSR count). The summed E-state index contributed by atoms with van der Waals surface area (Å²) in [7, 11) is 0. The van der Waals surface area contributed by atoms with E-state index in [1.165, 1.54) is 23.3 Å². The van der Waals surface area contributed by atoms with Gasteiger partial charge in [-0.15, -0.1) is 0 Å². The molecule has 2 aromatic carbocycles. The van der Waals surface area contributed by atoms with Crippen LogP contribution in [0.25, 0.3) is 11.0 Å². The summed E-state index contributed by atoms with van der Waals surface area (Å²) in [5, 5.41) is 11.4. The molecule has 0 saturated carbocycles. The molecule has 4 aromatic rings. The Balaban J connectivity index is 1.73. The predicted octanol–water partition coefficient (Wildman–Crippen LogP) is 4.35. The number of rotatable bonds is 4. The fourth-order valence-electron chi connectivity index (χ4n) is 3.99. The normalized spacial score (nSPS) is 15.5. The Labute approximate surface area is 175 Å². The number of fused-ring (bicyclic) bond motifs is 2. The highest BCUT2D eigenvalue weighted by Crippen LogP contribution is 2.39. The Hall–Kier alpha value is -4.20. The molecule has 31 heavy (non-hydrogen) atoms. The maximum Gasteiger partial charge on any atom is 0.291 e. The van der Waals surface area contributed by atoms with Crippen LogP contribution in [0.2, 0.25) is 0 Å². The molecule has 1 aliphatic heterocycles. The first kappa shape index (κ1) is 18.8. The fraction of sp³-hybridized carbons (Fsp3) is 0.130. The molecular weight excluding hydrogens is 400 g/mol. The van der Waals surface area contributed by atoms with Crippen LogP contribution in [0, 0.1) is 17.0 Å². The molecule has 0 spiro atoms. The van der Waals surface area contributed by atoms with Gasteiger partial charge in [0.2, 0.25) is 5.76 Å². The van der Waals surface area contributed by atoms with E-state index in [1.54, 1.807) is 36.4 Å². The molecule has 1 amide bonds. The average molecular weight is 416 g/mol. The number of nitro benzene ring substituents is 1. The highest BCUT2D eigenvalue weighted by atomic mass is 16.6. The quantitative estimate of drug-likeness (QED) is 0.362. The number of furan rings is 1. The molecule has 0 bridgehead atoms. The lowest BCUT2D eigenvalue weighted by atomic mass is 9.98. The molecule has 8 heteroatoms. The Bertz CT molecular complexity index is 1390. The van der Waals surface area contributed by atoms with Crippen LogP contribution in [0.3, 0.4) is 0 Å². The lowest BCUT2D eigenvalue weighted by Gasteiger charge is -2.24. The van der Waals surface area contributed by atoms with Crippen molar-refractivity contribution in [3.8, 4) is 0 Å². The third-order valence-corrected chi connectivity index (χ3v) is 5.45. The molecule has 3 heterocycles. The van der Waals surface area contributed by atoms with Gasteiger partial charge in [0.15, 0.2) is 5.43 Å². The number of amides is 1. The van der Waals surface area contributed by atoms with Gasteiger partial charge in [-0.1, -0.05) is 11.6 Å². The molecule has 1 unspecified atom stereocenters. The average Bonchev–Trinajstić information content (AvgIpc) is 3.36. The fourth-order valence-corrected chi connectivity index (χ4v) is 3.99. The van der Waals surface area contributed by atoms with E-state index in [-0.39, 0.29) is 29.0 Å². The first-order chi connectivity index (χ1) is 14.9. The molecule has 0 radical (unpaired) electrons. The minimum absolute atomic E-state index is 0.0174. The minimum atomic E-state index is -0.755. The van der Waals surface area contributed by atoms with Crippen molar-refractivity contribution in [1.29, 1.82) is 0 Å². The van der Waals surface area contributed by atoms with Gasteiger partial charge in [-0.05, 0) is 48.9 Å². The third-order valence-electron chi connectivity index (χ3n) is 5.45. The number of carbonyl (C=O) groups excluding carboxylic acids is 1. The Morgan fingerprint density at radius 2 is 1.87 bits per heavy atom. The van der Waals surface area contributed by atoms with Crippen molar-refractivity contribution in [2.45, 2.75) is 19.5 Å². The zero-order valence-corrected chi connectivity index (χ0v) is 16.4. The number of nitro groups is 1. The van der Waals surface area contributed by atoms with E-state index in [0.717, 1.165) is 5.56 Å². The zero-order chi connectivity index (χ0) is 21.7. The molecule has 1 aliphatic rings. The summed E-state index contributed by atoms with van der Waals surface area (Å²) < 4.78 is 11.3. The van der Waals surface area contributed by atoms with Gasteiger partial charge in [0.05, 0.1) is 34.7 Å². The van der Waals surface area contributed by atoms with Crippen molar-refractivity contribution in [2.75, 3.05) is 0 Å². The Kier molecular flexibility index (Phi) is 4.21. The second-order valence-corrected chi connectivity index (χ2v) is 7.44. The van der Waals surface area contributed by atoms with Crippen molar-refractivity contribution in [1.82, 2.24) is 4.90 Å². The van der Waals surface area contributed by atoms with Crippen LogP contribution >= 0.6 is 0 Å². The Morgan fingerprint density at radius 1 is 1.10 bits per heavy atom. The van der Waals surface area contributed by atoms with Crippen LogP contribution in [0.5, 0.6) is 0 Å². The van der Waals surface area contributed by atoms with Crippen LogP contribution in [0.15, 0.2) is 74.5 Å².